The average Bonchev–Trinajstić information content (AvgIpc) is 2.10. The van der Waals surface area contributed by atoms with Crippen LogP contribution < -0.4 is 0 Å². The van der Waals surface area contributed by atoms with E-state index in [2.05, 4.69) is 21.0 Å². The Bertz CT molecular complexity index is 234. The number of nitrogens with zero attached hydrogens (tertiary/aromatic N) is 2. The van der Waals surface area contributed by atoms with Crippen LogP contribution in [0.1, 0.15) is 10.5 Å². The highest BCUT2D eigenvalue weighted by atomic mass is 79.9. The molecule has 2 nitrogen and oxygen atoms in total. The van der Waals surface area contributed by atoms with Crippen molar-refractivity contribution in [2.24, 2.45) is 7.05 Å². The Morgan fingerprint density at radius 3 is 2.50 bits per heavy atom. The summed E-state index contributed by atoms with van der Waals surface area (Å²) in [4.78, 5) is -0.560. The second kappa shape index (κ2) is 3.11. The summed E-state index contributed by atoms with van der Waals surface area (Å²) in [6, 6.07) is 0. The van der Waals surface area contributed by atoms with Crippen LogP contribution in [0.5, 0.6) is 0 Å². The summed E-state index contributed by atoms with van der Waals surface area (Å²) in [5.74, 6) is 0. The minimum absolute atomic E-state index is 0.560. The molecule has 0 atom stereocenters. The van der Waals surface area contributed by atoms with Gasteiger partial charge in [0.05, 0.1) is 4.47 Å². The van der Waals surface area contributed by atoms with E-state index in [-0.39, 0.29) is 0 Å². The Balaban J connectivity index is 3.03. The van der Waals surface area contributed by atoms with E-state index in [1.54, 1.807) is 10.9 Å². The maximum Gasteiger partial charge on any atom is 0.152 e. The monoisotopic (exact) mass is 242 g/mol. The highest BCUT2D eigenvalue weighted by molar-refractivity contribution is 9.10. The van der Waals surface area contributed by atoms with Crippen LogP contribution >= 0.6 is 39.1 Å². The Morgan fingerprint density at radius 2 is 2.30 bits per heavy atom. The summed E-state index contributed by atoms with van der Waals surface area (Å²) < 4.78 is 2.49. The van der Waals surface area contributed by atoms with Crippen LogP contribution in [0.15, 0.2) is 10.7 Å². The fourth-order valence-corrected chi connectivity index (χ4v) is 1.82. The molecule has 0 saturated carbocycles. The first-order chi connectivity index (χ1) is 4.61. The minimum atomic E-state index is -0.560. The molecule has 0 fully saturated rings. The lowest BCUT2D eigenvalue weighted by atomic mass is 10.5. The van der Waals surface area contributed by atoms with E-state index in [1.807, 2.05) is 7.05 Å². The number of hydrogen-bond acceptors (Lipinski definition) is 1. The molecule has 0 amide bonds. The summed E-state index contributed by atoms with van der Waals surface area (Å²) in [6.45, 7) is 0. The molecule has 0 radical (unpaired) electrons. The average molecular weight is 244 g/mol. The zero-order chi connectivity index (χ0) is 7.72. The second-order valence-electron chi connectivity index (χ2n) is 1.84. The fourth-order valence-electron chi connectivity index (χ4n) is 0.625. The Labute approximate surface area is 77.2 Å². The molecular formula is C5H5BrCl2N2. The predicted molar refractivity (Wildman–Crippen MR) is 45.4 cm³/mol. The van der Waals surface area contributed by atoms with Gasteiger partial charge in [-0.1, -0.05) is 23.2 Å². The molecule has 0 N–H and O–H groups in total. The molecule has 0 spiro atoms. The molecule has 0 aromatic carbocycles. The number of aryl methyl sites for hydroxylation is 1. The van der Waals surface area contributed by atoms with Crippen molar-refractivity contribution in [3.63, 3.8) is 0 Å². The van der Waals surface area contributed by atoms with Crippen molar-refractivity contribution < 1.29 is 0 Å². The molecule has 0 saturated heterocycles. The Morgan fingerprint density at radius 1 is 1.70 bits per heavy atom. The summed E-state index contributed by atoms with van der Waals surface area (Å²) >= 11 is 14.4. The van der Waals surface area contributed by atoms with Gasteiger partial charge in [-0.3, -0.25) is 4.68 Å². The third-order valence-corrected chi connectivity index (χ3v) is 2.04. The third kappa shape index (κ3) is 1.65. The summed E-state index contributed by atoms with van der Waals surface area (Å²) in [5.41, 5.74) is 0.658. The van der Waals surface area contributed by atoms with Crippen LogP contribution in [0.4, 0.5) is 0 Å². The topological polar surface area (TPSA) is 17.8 Å². The van der Waals surface area contributed by atoms with E-state index in [0.717, 1.165) is 4.47 Å². The molecular weight excluding hydrogens is 239 g/mol. The summed E-state index contributed by atoms with van der Waals surface area (Å²) in [6.07, 6.45) is 1.80. The molecule has 0 aliphatic rings. The van der Waals surface area contributed by atoms with Crippen molar-refractivity contribution in [1.82, 2.24) is 9.78 Å². The van der Waals surface area contributed by atoms with Gasteiger partial charge in [0.15, 0.2) is 4.84 Å². The number of hydrogen-bond donors (Lipinski definition) is 0. The van der Waals surface area contributed by atoms with Crippen LogP contribution in [0.3, 0.4) is 0 Å². The van der Waals surface area contributed by atoms with Crippen LogP contribution in [0.2, 0.25) is 0 Å². The van der Waals surface area contributed by atoms with E-state index in [4.69, 9.17) is 23.2 Å². The number of rotatable bonds is 1. The van der Waals surface area contributed by atoms with E-state index >= 15 is 0 Å². The van der Waals surface area contributed by atoms with Crippen molar-refractivity contribution in [2.75, 3.05) is 0 Å². The molecule has 0 bridgehead atoms. The molecule has 10 heavy (non-hydrogen) atoms. The van der Waals surface area contributed by atoms with Crippen molar-refractivity contribution >= 4 is 39.1 Å². The predicted octanol–water partition coefficient (Wildman–Crippen LogP) is 2.66. The fraction of sp³-hybridized carbons (Fsp3) is 0.400. The Kier molecular flexibility index (Phi) is 2.61. The van der Waals surface area contributed by atoms with Gasteiger partial charge in [0, 0.05) is 13.2 Å². The first kappa shape index (κ1) is 8.37. The lowest BCUT2D eigenvalue weighted by molar-refractivity contribution is 0.752. The third-order valence-electron chi connectivity index (χ3n) is 1.02. The van der Waals surface area contributed by atoms with Gasteiger partial charge in [-0.25, -0.2) is 0 Å². The van der Waals surface area contributed by atoms with E-state index < -0.39 is 4.84 Å². The summed E-state index contributed by atoms with van der Waals surface area (Å²) in [7, 11) is 1.81. The molecule has 0 aliphatic heterocycles. The summed E-state index contributed by atoms with van der Waals surface area (Å²) in [5, 5.41) is 4.02. The lowest BCUT2D eigenvalue weighted by Gasteiger charge is -1.93. The molecule has 0 aliphatic carbocycles. The van der Waals surface area contributed by atoms with Crippen LogP contribution in [0.25, 0.3) is 0 Å². The van der Waals surface area contributed by atoms with Crippen molar-refractivity contribution in [3.8, 4) is 0 Å². The van der Waals surface area contributed by atoms with Gasteiger partial charge >= 0.3 is 0 Å². The van der Waals surface area contributed by atoms with Crippen molar-refractivity contribution in [2.45, 2.75) is 4.84 Å². The van der Waals surface area contributed by atoms with Crippen LogP contribution in [-0.2, 0) is 7.05 Å². The van der Waals surface area contributed by atoms with Gasteiger partial charge in [0.25, 0.3) is 0 Å². The van der Waals surface area contributed by atoms with E-state index in [1.165, 1.54) is 0 Å². The smallest absolute Gasteiger partial charge is 0.152 e. The molecule has 1 rings (SSSR count). The van der Waals surface area contributed by atoms with E-state index in [0.29, 0.717) is 5.69 Å². The van der Waals surface area contributed by atoms with Crippen LogP contribution in [-0.4, -0.2) is 9.78 Å². The first-order valence-corrected chi connectivity index (χ1v) is 4.25. The lowest BCUT2D eigenvalue weighted by Crippen LogP contribution is -1.89. The molecule has 0 unspecified atom stereocenters. The normalized spacial score (nSPS) is 10.9. The number of aromatic nitrogens is 2. The van der Waals surface area contributed by atoms with Gasteiger partial charge < -0.3 is 0 Å². The second-order valence-corrected chi connectivity index (χ2v) is 3.79. The maximum atomic E-state index is 5.58. The van der Waals surface area contributed by atoms with Gasteiger partial charge in [-0.05, 0) is 15.9 Å². The SMILES string of the molecule is Cn1cc(Br)c(C(Cl)Cl)n1. The van der Waals surface area contributed by atoms with Gasteiger partial charge in [-0.15, -0.1) is 0 Å². The number of alkyl halides is 2. The zero-order valence-corrected chi connectivity index (χ0v) is 8.28. The van der Waals surface area contributed by atoms with Gasteiger partial charge in [-0.2, -0.15) is 5.10 Å². The zero-order valence-electron chi connectivity index (χ0n) is 5.18. The molecule has 56 valence electrons. The molecule has 1 aromatic rings. The minimum Gasteiger partial charge on any atom is -0.274 e. The first-order valence-electron chi connectivity index (χ1n) is 2.58. The Hall–Kier alpha value is 0.270. The highest BCUT2D eigenvalue weighted by Crippen LogP contribution is 2.29. The van der Waals surface area contributed by atoms with Gasteiger partial charge in [0.2, 0.25) is 0 Å². The molecule has 5 heteroatoms. The standard InChI is InChI=1S/C5H5BrCl2N2/c1-10-2-3(6)4(9-10)5(7)8/h2,5H,1H3. The molecule has 1 heterocycles. The van der Waals surface area contributed by atoms with Crippen molar-refractivity contribution in [3.05, 3.63) is 16.4 Å². The number of halogens is 3. The van der Waals surface area contributed by atoms with Gasteiger partial charge in [0.1, 0.15) is 5.69 Å². The van der Waals surface area contributed by atoms with Crippen molar-refractivity contribution in [1.29, 1.82) is 0 Å². The van der Waals surface area contributed by atoms with E-state index in [9.17, 15) is 0 Å². The molecule has 1 aromatic heterocycles. The van der Waals surface area contributed by atoms with Crippen LogP contribution in [0, 0.1) is 0 Å². The maximum absolute atomic E-state index is 5.58. The quantitative estimate of drug-likeness (QED) is 0.694. The largest absolute Gasteiger partial charge is 0.274 e. The highest BCUT2D eigenvalue weighted by Gasteiger charge is 2.11.